The average molecular weight is 625 g/mol. The second-order valence-electron chi connectivity index (χ2n) is 13.1. The van der Waals surface area contributed by atoms with Crippen LogP contribution in [0, 0.1) is 0 Å². The molecule has 0 saturated carbocycles. The molecule has 49 heavy (non-hydrogen) atoms. The minimum absolute atomic E-state index is 0.940. The molecule has 0 fully saturated rings. The van der Waals surface area contributed by atoms with Crippen LogP contribution in [0.2, 0.25) is 0 Å². The van der Waals surface area contributed by atoms with Gasteiger partial charge in [-0.25, -0.2) is 0 Å². The van der Waals surface area contributed by atoms with Crippen molar-refractivity contribution in [3.63, 3.8) is 0 Å². The first-order chi connectivity index (χ1) is 24.3. The summed E-state index contributed by atoms with van der Waals surface area (Å²) >= 11 is 0. The van der Waals surface area contributed by atoms with E-state index >= 15 is 0 Å². The molecule has 0 amide bonds. The van der Waals surface area contributed by atoms with Crippen molar-refractivity contribution in [3.8, 4) is 44.5 Å². The topological polar surface area (TPSA) is 13.1 Å². The molecule has 0 bridgehead atoms. The van der Waals surface area contributed by atoms with Crippen LogP contribution in [-0.4, -0.2) is 0 Å². The fraction of sp³-hybridized carbons (Fsp3) is 0.0417. The Kier molecular flexibility index (Phi) is 6.38. The van der Waals surface area contributed by atoms with Gasteiger partial charge in [-0.15, -0.1) is 0 Å². The summed E-state index contributed by atoms with van der Waals surface area (Å²) in [4.78, 5) is 0. The molecule has 0 unspecified atom stereocenters. The first-order valence-electron chi connectivity index (χ1n) is 17.2. The van der Waals surface area contributed by atoms with Crippen LogP contribution in [0.1, 0.15) is 17.5 Å². The van der Waals surface area contributed by atoms with Gasteiger partial charge in [0.1, 0.15) is 11.2 Å². The molecule has 0 spiro atoms. The minimum Gasteiger partial charge on any atom is -0.455 e. The number of allylic oxidation sites excluding steroid dienone is 1. The highest BCUT2D eigenvalue weighted by molar-refractivity contribution is 6.22. The Bertz CT molecular complexity index is 2730. The van der Waals surface area contributed by atoms with E-state index in [2.05, 4.69) is 170 Å². The third kappa shape index (κ3) is 4.47. The summed E-state index contributed by atoms with van der Waals surface area (Å²) in [6, 6.07) is 57.4. The molecular weight excluding hydrogens is 593 g/mol. The molecule has 1 heterocycles. The molecule has 1 aliphatic carbocycles. The molecule has 1 heteroatoms. The SMILES string of the molecule is C1=Cc2c(cc(-c3ccc(-c4ccc5c(-c6ccccc6)c6ccccc6c(-c6ccccc6)c5c4)cc3)c3oc4ccccc4c23)CC1. The summed E-state index contributed by atoms with van der Waals surface area (Å²) in [7, 11) is 0. The molecule has 8 aromatic carbocycles. The van der Waals surface area contributed by atoms with Crippen molar-refractivity contribution in [1.29, 1.82) is 0 Å². The predicted molar refractivity (Wildman–Crippen MR) is 208 cm³/mol. The summed E-state index contributed by atoms with van der Waals surface area (Å²) in [6.07, 6.45) is 6.69. The van der Waals surface area contributed by atoms with Crippen molar-refractivity contribution in [3.05, 3.63) is 175 Å². The summed E-state index contributed by atoms with van der Waals surface area (Å²) in [5.74, 6) is 0. The van der Waals surface area contributed by atoms with E-state index in [9.17, 15) is 0 Å². The lowest BCUT2D eigenvalue weighted by atomic mass is 9.85. The van der Waals surface area contributed by atoms with E-state index in [0.29, 0.717) is 0 Å². The Hall–Kier alpha value is -6.18. The molecule has 9 aromatic rings. The fourth-order valence-electron chi connectivity index (χ4n) is 8.06. The molecule has 0 radical (unpaired) electrons. The molecule has 10 rings (SSSR count). The zero-order valence-electron chi connectivity index (χ0n) is 27.0. The quantitative estimate of drug-likeness (QED) is 0.178. The molecule has 0 aliphatic heterocycles. The Morgan fingerprint density at radius 3 is 1.71 bits per heavy atom. The van der Waals surface area contributed by atoms with Gasteiger partial charge in [-0.2, -0.15) is 0 Å². The zero-order chi connectivity index (χ0) is 32.3. The van der Waals surface area contributed by atoms with Gasteiger partial charge in [0.25, 0.3) is 0 Å². The Morgan fingerprint density at radius 2 is 1.00 bits per heavy atom. The summed E-state index contributed by atoms with van der Waals surface area (Å²) in [5, 5.41) is 7.48. The third-order valence-corrected chi connectivity index (χ3v) is 10.3. The van der Waals surface area contributed by atoms with Crippen LogP contribution >= 0.6 is 0 Å². The van der Waals surface area contributed by atoms with Crippen molar-refractivity contribution in [2.45, 2.75) is 12.8 Å². The minimum atomic E-state index is 0.940. The van der Waals surface area contributed by atoms with Gasteiger partial charge in [0.2, 0.25) is 0 Å². The van der Waals surface area contributed by atoms with Crippen molar-refractivity contribution < 1.29 is 4.42 Å². The second-order valence-corrected chi connectivity index (χ2v) is 13.1. The maximum absolute atomic E-state index is 6.57. The molecule has 0 atom stereocenters. The number of para-hydroxylation sites is 1. The van der Waals surface area contributed by atoms with E-state index in [1.54, 1.807) is 0 Å². The van der Waals surface area contributed by atoms with Gasteiger partial charge in [0.05, 0.1) is 0 Å². The van der Waals surface area contributed by atoms with Crippen LogP contribution in [0.15, 0.2) is 168 Å². The van der Waals surface area contributed by atoms with Crippen molar-refractivity contribution >= 4 is 49.6 Å². The number of benzene rings is 8. The molecule has 1 aromatic heterocycles. The molecule has 0 N–H and O–H groups in total. The van der Waals surface area contributed by atoms with Gasteiger partial charge in [-0.3, -0.25) is 0 Å². The summed E-state index contributed by atoms with van der Waals surface area (Å²) in [5.41, 5.74) is 14.4. The lowest BCUT2D eigenvalue weighted by Gasteiger charge is -2.19. The second kappa shape index (κ2) is 11.2. The normalized spacial score (nSPS) is 12.7. The number of rotatable bonds is 4. The number of fused-ring (bicyclic) bond motifs is 7. The van der Waals surface area contributed by atoms with Crippen molar-refractivity contribution in [1.82, 2.24) is 0 Å². The molecular formula is C48H32O. The first kappa shape index (κ1) is 27.9. The molecule has 1 nitrogen and oxygen atoms in total. The van der Waals surface area contributed by atoms with Crippen molar-refractivity contribution in [2.24, 2.45) is 0 Å². The summed E-state index contributed by atoms with van der Waals surface area (Å²) < 4.78 is 6.57. The van der Waals surface area contributed by atoms with Gasteiger partial charge in [0, 0.05) is 16.3 Å². The largest absolute Gasteiger partial charge is 0.455 e. The number of aryl methyl sites for hydroxylation is 1. The fourth-order valence-corrected chi connectivity index (χ4v) is 8.06. The van der Waals surface area contributed by atoms with Crippen molar-refractivity contribution in [2.75, 3.05) is 0 Å². The van der Waals surface area contributed by atoms with Gasteiger partial charge >= 0.3 is 0 Å². The van der Waals surface area contributed by atoms with Gasteiger partial charge in [-0.05, 0) is 103 Å². The average Bonchev–Trinajstić information content (AvgIpc) is 3.57. The lowest BCUT2D eigenvalue weighted by Crippen LogP contribution is -1.96. The van der Waals surface area contributed by atoms with Crippen LogP contribution in [0.25, 0.3) is 94.1 Å². The van der Waals surface area contributed by atoms with E-state index in [1.807, 2.05) is 0 Å². The maximum atomic E-state index is 6.57. The number of furan rings is 1. The van der Waals surface area contributed by atoms with Crippen LogP contribution in [-0.2, 0) is 6.42 Å². The van der Waals surface area contributed by atoms with Crippen LogP contribution in [0.5, 0.6) is 0 Å². The maximum Gasteiger partial charge on any atom is 0.143 e. The monoisotopic (exact) mass is 624 g/mol. The van der Waals surface area contributed by atoms with E-state index in [-0.39, 0.29) is 0 Å². The molecule has 1 aliphatic rings. The van der Waals surface area contributed by atoms with Crippen LogP contribution in [0.4, 0.5) is 0 Å². The zero-order valence-corrected chi connectivity index (χ0v) is 27.0. The standard InChI is InChI=1S/C48H32O/c1-3-13-33(14-4-1)45-38-19-9-10-20-39(38)46(34-15-5-2-6-16-34)43-29-35(27-28-40(43)45)31-23-25-32(26-24-31)42-30-36-17-7-8-18-37(36)47-41-21-11-12-22-44(41)49-48(42)47/h1-6,8-16,18-30H,7,17H2. The molecule has 230 valence electrons. The highest BCUT2D eigenvalue weighted by atomic mass is 16.3. The van der Waals surface area contributed by atoms with E-state index < -0.39 is 0 Å². The number of hydrogen-bond donors (Lipinski definition) is 0. The summed E-state index contributed by atoms with van der Waals surface area (Å²) in [6.45, 7) is 0. The van der Waals surface area contributed by atoms with E-state index in [4.69, 9.17) is 4.42 Å². The van der Waals surface area contributed by atoms with Gasteiger partial charge in [-0.1, -0.05) is 152 Å². The van der Waals surface area contributed by atoms with Gasteiger partial charge in [0.15, 0.2) is 0 Å². The van der Waals surface area contributed by atoms with E-state index in [0.717, 1.165) is 29.6 Å². The third-order valence-electron chi connectivity index (χ3n) is 10.3. The Morgan fingerprint density at radius 1 is 0.429 bits per heavy atom. The van der Waals surface area contributed by atoms with E-state index in [1.165, 1.54) is 82.4 Å². The highest BCUT2D eigenvalue weighted by Crippen LogP contribution is 2.46. The molecule has 0 saturated heterocycles. The smallest absolute Gasteiger partial charge is 0.143 e. The Labute approximate surface area is 285 Å². The predicted octanol–water partition coefficient (Wildman–Crippen LogP) is 13.5. The Balaban J connectivity index is 1.17. The first-order valence-corrected chi connectivity index (χ1v) is 17.2. The number of hydrogen-bond acceptors (Lipinski definition) is 1. The highest BCUT2D eigenvalue weighted by Gasteiger charge is 2.21. The van der Waals surface area contributed by atoms with Gasteiger partial charge < -0.3 is 4.42 Å². The van der Waals surface area contributed by atoms with Crippen LogP contribution in [0.3, 0.4) is 0 Å². The lowest BCUT2D eigenvalue weighted by molar-refractivity contribution is 0.669. The van der Waals surface area contributed by atoms with Crippen LogP contribution < -0.4 is 0 Å².